The second-order valence-electron chi connectivity index (χ2n) is 6.20. The number of amides is 2. The highest BCUT2D eigenvalue weighted by Crippen LogP contribution is 2.25. The number of nitrogens with one attached hydrogen (secondary N) is 2. The number of ether oxygens (including phenoxy) is 1. The topological polar surface area (TPSA) is 84.5 Å². The van der Waals surface area contributed by atoms with Gasteiger partial charge >= 0.3 is 5.97 Å². The maximum Gasteiger partial charge on any atom is 0.306 e. The molecule has 0 spiro atoms. The van der Waals surface area contributed by atoms with Crippen molar-refractivity contribution < 1.29 is 19.1 Å². The van der Waals surface area contributed by atoms with Crippen LogP contribution in [0.3, 0.4) is 0 Å². The van der Waals surface area contributed by atoms with E-state index in [1.54, 1.807) is 12.1 Å². The van der Waals surface area contributed by atoms with Crippen LogP contribution in [0.5, 0.6) is 0 Å². The van der Waals surface area contributed by atoms with Crippen molar-refractivity contribution in [1.82, 2.24) is 0 Å². The number of carbonyl (C=O) groups is 3. The molecule has 8 heteroatoms. The van der Waals surface area contributed by atoms with Crippen LogP contribution in [0.25, 0.3) is 0 Å². The van der Waals surface area contributed by atoms with Gasteiger partial charge in [0.1, 0.15) is 0 Å². The lowest BCUT2D eigenvalue weighted by Gasteiger charge is -2.10. The molecule has 0 radical (unpaired) electrons. The van der Waals surface area contributed by atoms with Gasteiger partial charge in [0.2, 0.25) is 5.91 Å². The van der Waals surface area contributed by atoms with Gasteiger partial charge in [-0.2, -0.15) is 0 Å². The fourth-order valence-electron chi connectivity index (χ4n) is 2.29. The Morgan fingerprint density at radius 3 is 2.32 bits per heavy atom. The molecule has 148 valence electrons. The van der Waals surface area contributed by atoms with Gasteiger partial charge in [0.25, 0.3) is 5.91 Å². The Morgan fingerprint density at radius 2 is 1.61 bits per heavy atom. The van der Waals surface area contributed by atoms with Crippen molar-refractivity contribution in [2.24, 2.45) is 0 Å². The molecule has 0 saturated heterocycles. The van der Waals surface area contributed by atoms with Crippen molar-refractivity contribution in [2.75, 3.05) is 17.2 Å². The van der Waals surface area contributed by atoms with Gasteiger partial charge in [0.15, 0.2) is 6.61 Å². The van der Waals surface area contributed by atoms with E-state index in [2.05, 4.69) is 10.6 Å². The number of anilines is 2. The zero-order chi connectivity index (χ0) is 20.7. The summed E-state index contributed by atoms with van der Waals surface area (Å²) in [6.45, 7) is 3.36. The maximum absolute atomic E-state index is 11.9. The van der Waals surface area contributed by atoms with Gasteiger partial charge in [-0.05, 0) is 49.2 Å². The monoisotopic (exact) mass is 422 g/mol. The molecular weight excluding hydrogens is 403 g/mol. The number of aryl methyl sites for hydroxylation is 2. The Hall–Kier alpha value is -2.57. The average molecular weight is 423 g/mol. The van der Waals surface area contributed by atoms with E-state index >= 15 is 0 Å². The first-order valence-electron chi connectivity index (χ1n) is 8.52. The molecule has 0 heterocycles. The van der Waals surface area contributed by atoms with Crippen molar-refractivity contribution in [2.45, 2.75) is 26.7 Å². The zero-order valence-electron chi connectivity index (χ0n) is 15.5. The third-order valence-corrected chi connectivity index (χ3v) is 4.34. The second-order valence-corrected chi connectivity index (χ2v) is 7.04. The van der Waals surface area contributed by atoms with Crippen LogP contribution >= 0.6 is 23.2 Å². The van der Waals surface area contributed by atoms with Gasteiger partial charge in [-0.3, -0.25) is 14.4 Å². The molecule has 0 aliphatic carbocycles. The van der Waals surface area contributed by atoms with Crippen LogP contribution < -0.4 is 10.6 Å². The first-order valence-corrected chi connectivity index (χ1v) is 9.28. The molecule has 2 aromatic carbocycles. The number of hydrogen-bond acceptors (Lipinski definition) is 4. The van der Waals surface area contributed by atoms with Gasteiger partial charge in [0.05, 0.1) is 17.1 Å². The SMILES string of the molecule is Cc1ccc(C)c(NC(=O)COC(=O)CCC(=O)Nc2ccc(Cl)cc2Cl)c1. The summed E-state index contributed by atoms with van der Waals surface area (Å²) in [5.41, 5.74) is 2.98. The summed E-state index contributed by atoms with van der Waals surface area (Å²) in [6, 6.07) is 10.3. The van der Waals surface area contributed by atoms with E-state index in [1.165, 1.54) is 6.07 Å². The first-order chi connectivity index (χ1) is 13.2. The Bertz CT molecular complexity index is 900. The van der Waals surface area contributed by atoms with E-state index in [0.717, 1.165) is 11.1 Å². The molecule has 0 aliphatic rings. The number of halogens is 2. The van der Waals surface area contributed by atoms with Crippen molar-refractivity contribution in [3.05, 3.63) is 57.6 Å². The largest absolute Gasteiger partial charge is 0.456 e. The molecule has 2 N–H and O–H groups in total. The van der Waals surface area contributed by atoms with E-state index in [9.17, 15) is 14.4 Å². The molecule has 0 aromatic heterocycles. The Balaban J connectivity index is 1.74. The number of esters is 1. The number of benzene rings is 2. The lowest BCUT2D eigenvalue weighted by Crippen LogP contribution is -2.22. The van der Waals surface area contributed by atoms with Crippen LogP contribution in [0.1, 0.15) is 24.0 Å². The van der Waals surface area contributed by atoms with Crippen molar-refractivity contribution in [3.63, 3.8) is 0 Å². The summed E-state index contributed by atoms with van der Waals surface area (Å²) >= 11 is 11.8. The Kier molecular flexibility index (Phi) is 7.84. The van der Waals surface area contributed by atoms with Crippen LogP contribution in [-0.4, -0.2) is 24.4 Å². The van der Waals surface area contributed by atoms with Crippen LogP contribution in [0.15, 0.2) is 36.4 Å². The third kappa shape index (κ3) is 6.87. The quantitative estimate of drug-likeness (QED) is 0.642. The molecule has 0 atom stereocenters. The normalized spacial score (nSPS) is 10.3. The standard InChI is InChI=1S/C20H20Cl2N2O4/c1-12-3-4-13(2)17(9-12)24-19(26)11-28-20(27)8-7-18(25)23-16-6-5-14(21)10-15(16)22/h3-6,9-10H,7-8,11H2,1-2H3,(H,23,25)(H,24,26). The summed E-state index contributed by atoms with van der Waals surface area (Å²) in [5, 5.41) is 6.03. The number of rotatable bonds is 7. The van der Waals surface area contributed by atoms with E-state index in [-0.39, 0.29) is 12.8 Å². The molecular formula is C20H20Cl2N2O4. The molecule has 0 unspecified atom stereocenters. The van der Waals surface area contributed by atoms with Crippen molar-refractivity contribution in [1.29, 1.82) is 0 Å². The molecule has 2 rings (SSSR count). The summed E-state index contributed by atoms with van der Waals surface area (Å²) < 4.78 is 4.91. The molecule has 0 aliphatic heterocycles. The lowest BCUT2D eigenvalue weighted by molar-refractivity contribution is -0.147. The molecule has 0 bridgehead atoms. The fourth-order valence-corrected chi connectivity index (χ4v) is 2.75. The van der Waals surface area contributed by atoms with Crippen LogP contribution in [0.2, 0.25) is 10.0 Å². The van der Waals surface area contributed by atoms with Crippen LogP contribution in [-0.2, 0) is 19.1 Å². The van der Waals surface area contributed by atoms with Gasteiger partial charge in [0, 0.05) is 17.1 Å². The predicted molar refractivity (Wildman–Crippen MR) is 110 cm³/mol. The second kappa shape index (κ2) is 10.1. The van der Waals surface area contributed by atoms with Gasteiger partial charge in [-0.15, -0.1) is 0 Å². The molecule has 0 fully saturated rings. The molecule has 28 heavy (non-hydrogen) atoms. The van der Waals surface area contributed by atoms with Crippen LogP contribution in [0, 0.1) is 13.8 Å². The highest BCUT2D eigenvalue weighted by Gasteiger charge is 2.12. The minimum atomic E-state index is -0.645. The molecule has 6 nitrogen and oxygen atoms in total. The van der Waals surface area contributed by atoms with Gasteiger partial charge in [-0.1, -0.05) is 35.3 Å². The summed E-state index contributed by atoms with van der Waals surface area (Å²) in [5.74, 6) is -1.49. The molecule has 0 saturated carbocycles. The van der Waals surface area contributed by atoms with Crippen molar-refractivity contribution >= 4 is 52.4 Å². The average Bonchev–Trinajstić information content (AvgIpc) is 2.63. The number of carbonyl (C=O) groups excluding carboxylic acids is 3. The van der Waals surface area contributed by atoms with E-state index in [4.69, 9.17) is 27.9 Å². The fraction of sp³-hybridized carbons (Fsp3) is 0.250. The lowest BCUT2D eigenvalue weighted by atomic mass is 10.1. The summed E-state index contributed by atoms with van der Waals surface area (Å²) in [6.07, 6.45) is -0.260. The highest BCUT2D eigenvalue weighted by molar-refractivity contribution is 6.36. The molecule has 2 aromatic rings. The zero-order valence-corrected chi connectivity index (χ0v) is 17.0. The Morgan fingerprint density at radius 1 is 0.893 bits per heavy atom. The maximum atomic E-state index is 11.9. The van der Waals surface area contributed by atoms with Gasteiger partial charge < -0.3 is 15.4 Å². The smallest absolute Gasteiger partial charge is 0.306 e. The van der Waals surface area contributed by atoms with E-state index in [0.29, 0.717) is 21.4 Å². The minimum Gasteiger partial charge on any atom is -0.456 e. The highest BCUT2D eigenvalue weighted by atomic mass is 35.5. The number of hydrogen-bond donors (Lipinski definition) is 2. The third-order valence-electron chi connectivity index (χ3n) is 3.79. The summed E-state index contributed by atoms with van der Waals surface area (Å²) in [7, 11) is 0. The van der Waals surface area contributed by atoms with Gasteiger partial charge in [-0.25, -0.2) is 0 Å². The van der Waals surface area contributed by atoms with Crippen molar-refractivity contribution in [3.8, 4) is 0 Å². The summed E-state index contributed by atoms with van der Waals surface area (Å²) in [4.78, 5) is 35.6. The van der Waals surface area contributed by atoms with E-state index < -0.39 is 24.4 Å². The first kappa shape index (κ1) is 21.7. The predicted octanol–water partition coefficient (Wildman–Crippen LogP) is 4.51. The molecule has 2 amide bonds. The Labute approximate surface area is 173 Å². The van der Waals surface area contributed by atoms with E-state index in [1.807, 2.05) is 32.0 Å². The minimum absolute atomic E-state index is 0.101. The van der Waals surface area contributed by atoms with Crippen LogP contribution in [0.4, 0.5) is 11.4 Å².